The minimum Gasteiger partial charge on any atom is -0.463 e. The molecule has 0 aliphatic rings. The third-order valence-electron chi connectivity index (χ3n) is 3.09. The van der Waals surface area contributed by atoms with E-state index in [2.05, 4.69) is 5.10 Å². The molecule has 0 radical (unpaired) electrons. The summed E-state index contributed by atoms with van der Waals surface area (Å²) in [5.41, 5.74) is 0.838. The van der Waals surface area contributed by atoms with Crippen molar-refractivity contribution < 1.29 is 9.34 Å². The molecule has 0 fully saturated rings. The highest BCUT2D eigenvalue weighted by atomic mass is 16.6. The molecule has 0 spiro atoms. The molecule has 0 atom stereocenters. The van der Waals surface area contributed by atoms with Crippen LogP contribution in [0.3, 0.4) is 0 Å². The monoisotopic (exact) mass is 297 g/mol. The van der Waals surface area contributed by atoms with E-state index in [1.165, 1.54) is 29.1 Å². The van der Waals surface area contributed by atoms with Crippen LogP contribution < -0.4 is 5.56 Å². The van der Waals surface area contributed by atoms with Gasteiger partial charge in [0.15, 0.2) is 5.76 Å². The molecule has 0 aliphatic heterocycles. The van der Waals surface area contributed by atoms with Crippen LogP contribution in [0.1, 0.15) is 5.56 Å². The highest BCUT2D eigenvalue weighted by Gasteiger charge is 2.09. The lowest BCUT2D eigenvalue weighted by Gasteiger charge is -2.06. The fourth-order valence-electron chi connectivity index (χ4n) is 2.06. The van der Waals surface area contributed by atoms with E-state index >= 15 is 0 Å². The molecular weight excluding hydrogens is 286 g/mol. The number of rotatable bonds is 4. The molecule has 0 saturated carbocycles. The van der Waals surface area contributed by atoms with Crippen LogP contribution in [0.25, 0.3) is 11.5 Å². The van der Waals surface area contributed by atoms with Gasteiger partial charge < -0.3 is 4.42 Å². The first-order chi connectivity index (χ1) is 10.6. The van der Waals surface area contributed by atoms with Crippen LogP contribution in [-0.2, 0) is 6.54 Å². The number of non-ortho nitro benzene ring substituents is 1. The molecule has 7 heteroatoms. The SMILES string of the molecule is O=c1ccc(-c2ccco2)nn1Cc1cccc([N+](=O)[O-])c1. The van der Waals surface area contributed by atoms with Gasteiger partial charge in [0.05, 0.1) is 17.7 Å². The first-order valence-electron chi connectivity index (χ1n) is 6.49. The maximum absolute atomic E-state index is 11.9. The largest absolute Gasteiger partial charge is 0.463 e. The summed E-state index contributed by atoms with van der Waals surface area (Å²) < 4.78 is 6.49. The molecule has 22 heavy (non-hydrogen) atoms. The van der Waals surface area contributed by atoms with Crippen LogP contribution in [-0.4, -0.2) is 14.7 Å². The number of hydrogen-bond donors (Lipinski definition) is 0. The molecule has 7 nitrogen and oxygen atoms in total. The van der Waals surface area contributed by atoms with Gasteiger partial charge in [0, 0.05) is 18.2 Å². The fourth-order valence-corrected chi connectivity index (χ4v) is 2.06. The van der Waals surface area contributed by atoms with E-state index < -0.39 is 4.92 Å². The molecule has 2 aromatic heterocycles. The maximum Gasteiger partial charge on any atom is 0.269 e. The lowest BCUT2D eigenvalue weighted by atomic mass is 10.2. The van der Waals surface area contributed by atoms with Gasteiger partial charge in [-0.25, -0.2) is 4.68 Å². The Morgan fingerprint density at radius 1 is 1.18 bits per heavy atom. The van der Waals surface area contributed by atoms with Gasteiger partial charge in [-0.05, 0) is 23.8 Å². The van der Waals surface area contributed by atoms with Crippen molar-refractivity contribution in [2.75, 3.05) is 0 Å². The van der Waals surface area contributed by atoms with Crippen LogP contribution in [0.4, 0.5) is 5.69 Å². The van der Waals surface area contributed by atoms with E-state index in [0.29, 0.717) is 17.0 Å². The molecule has 0 bridgehead atoms. The highest BCUT2D eigenvalue weighted by molar-refractivity contribution is 5.50. The van der Waals surface area contributed by atoms with Crippen molar-refractivity contribution >= 4 is 5.69 Å². The second-order valence-corrected chi connectivity index (χ2v) is 4.62. The van der Waals surface area contributed by atoms with Gasteiger partial charge in [-0.3, -0.25) is 14.9 Å². The Bertz CT molecular complexity index is 868. The molecule has 3 rings (SSSR count). The lowest BCUT2D eigenvalue weighted by molar-refractivity contribution is -0.384. The van der Waals surface area contributed by atoms with E-state index in [0.717, 1.165) is 0 Å². The zero-order chi connectivity index (χ0) is 15.5. The normalized spacial score (nSPS) is 10.5. The third kappa shape index (κ3) is 2.78. The van der Waals surface area contributed by atoms with Gasteiger partial charge in [0.25, 0.3) is 11.2 Å². The summed E-state index contributed by atoms with van der Waals surface area (Å²) in [5, 5.41) is 15.0. The van der Waals surface area contributed by atoms with Gasteiger partial charge >= 0.3 is 0 Å². The zero-order valence-electron chi connectivity index (χ0n) is 11.4. The molecular formula is C15H11N3O4. The lowest BCUT2D eigenvalue weighted by Crippen LogP contribution is -2.22. The summed E-state index contributed by atoms with van der Waals surface area (Å²) in [6.45, 7) is 0.148. The van der Waals surface area contributed by atoms with E-state index in [1.54, 1.807) is 30.3 Å². The standard InChI is InChI=1S/C15H11N3O4/c19-15-7-6-13(14-5-2-8-22-14)16-17(15)10-11-3-1-4-12(9-11)18(20)21/h1-9H,10H2. The molecule has 0 unspecified atom stereocenters. The number of nitro benzene ring substituents is 1. The van der Waals surface area contributed by atoms with Crippen molar-refractivity contribution in [1.82, 2.24) is 9.78 Å². The third-order valence-corrected chi connectivity index (χ3v) is 3.09. The Hall–Kier alpha value is -3.22. The Morgan fingerprint density at radius 3 is 2.77 bits per heavy atom. The average molecular weight is 297 g/mol. The van der Waals surface area contributed by atoms with E-state index in [-0.39, 0.29) is 17.8 Å². The number of nitrogens with zero attached hydrogens (tertiary/aromatic N) is 3. The van der Waals surface area contributed by atoms with Gasteiger partial charge in [-0.2, -0.15) is 5.10 Å². The summed E-state index contributed by atoms with van der Waals surface area (Å²) in [5.74, 6) is 0.549. The molecule has 110 valence electrons. The number of nitro groups is 1. The molecule has 0 aliphatic carbocycles. The van der Waals surface area contributed by atoms with Crippen molar-refractivity contribution in [1.29, 1.82) is 0 Å². The van der Waals surface area contributed by atoms with E-state index in [9.17, 15) is 14.9 Å². The van der Waals surface area contributed by atoms with Crippen molar-refractivity contribution in [3.8, 4) is 11.5 Å². The first kappa shape index (κ1) is 13.7. The van der Waals surface area contributed by atoms with Crippen LogP contribution in [0.5, 0.6) is 0 Å². The summed E-state index contributed by atoms with van der Waals surface area (Å²) in [4.78, 5) is 22.2. The minimum absolute atomic E-state index is 0.0206. The Balaban J connectivity index is 1.95. The Kier molecular flexibility index (Phi) is 3.53. The number of benzene rings is 1. The van der Waals surface area contributed by atoms with Gasteiger partial charge in [0.2, 0.25) is 0 Å². The Labute approximate surface area is 124 Å². The molecule has 0 saturated heterocycles. The smallest absolute Gasteiger partial charge is 0.269 e. The molecule has 0 N–H and O–H groups in total. The zero-order valence-corrected chi connectivity index (χ0v) is 11.4. The summed E-state index contributed by atoms with van der Waals surface area (Å²) in [7, 11) is 0. The van der Waals surface area contributed by atoms with Crippen molar-refractivity contribution in [3.05, 3.63) is 80.8 Å². The molecule has 1 aromatic carbocycles. The van der Waals surface area contributed by atoms with E-state index in [4.69, 9.17) is 4.42 Å². The number of aromatic nitrogens is 2. The second-order valence-electron chi connectivity index (χ2n) is 4.62. The van der Waals surface area contributed by atoms with Crippen LogP contribution in [0.15, 0.2) is 64.0 Å². The summed E-state index contributed by atoms with van der Waals surface area (Å²) >= 11 is 0. The highest BCUT2D eigenvalue weighted by Crippen LogP contribution is 2.16. The quantitative estimate of drug-likeness (QED) is 0.545. The topological polar surface area (TPSA) is 91.2 Å². The van der Waals surface area contributed by atoms with Gasteiger partial charge in [0.1, 0.15) is 5.69 Å². The molecule has 3 aromatic rings. The van der Waals surface area contributed by atoms with Crippen molar-refractivity contribution in [2.45, 2.75) is 6.54 Å². The Morgan fingerprint density at radius 2 is 2.05 bits per heavy atom. The van der Waals surface area contributed by atoms with Gasteiger partial charge in [-0.15, -0.1) is 0 Å². The summed E-state index contributed by atoms with van der Waals surface area (Å²) in [6.07, 6.45) is 1.52. The first-order valence-corrected chi connectivity index (χ1v) is 6.49. The second kappa shape index (κ2) is 5.65. The maximum atomic E-state index is 11.9. The van der Waals surface area contributed by atoms with Crippen molar-refractivity contribution in [3.63, 3.8) is 0 Å². The van der Waals surface area contributed by atoms with Gasteiger partial charge in [-0.1, -0.05) is 12.1 Å². The molecule has 0 amide bonds. The number of hydrogen-bond acceptors (Lipinski definition) is 5. The van der Waals surface area contributed by atoms with E-state index in [1.807, 2.05) is 0 Å². The van der Waals surface area contributed by atoms with Crippen molar-refractivity contribution in [2.24, 2.45) is 0 Å². The summed E-state index contributed by atoms with van der Waals surface area (Å²) in [6, 6.07) is 12.5. The minimum atomic E-state index is -0.473. The van der Waals surface area contributed by atoms with Crippen LogP contribution in [0.2, 0.25) is 0 Å². The number of furan rings is 1. The van der Waals surface area contributed by atoms with Crippen LogP contribution >= 0.6 is 0 Å². The fraction of sp³-hybridized carbons (Fsp3) is 0.0667. The average Bonchev–Trinajstić information content (AvgIpc) is 3.04. The predicted octanol–water partition coefficient (Wildman–Crippen LogP) is 2.46. The predicted molar refractivity (Wildman–Crippen MR) is 78.4 cm³/mol. The van der Waals surface area contributed by atoms with Crippen LogP contribution in [0, 0.1) is 10.1 Å². The molecule has 2 heterocycles.